The summed E-state index contributed by atoms with van der Waals surface area (Å²) in [6, 6.07) is 19.9. The Balaban J connectivity index is 1.62. The average Bonchev–Trinajstić information content (AvgIpc) is 2.69. The van der Waals surface area contributed by atoms with Crippen LogP contribution in [-0.2, 0) is 11.2 Å². The Labute approximate surface area is 171 Å². The molecule has 5 heteroatoms. The minimum absolute atomic E-state index is 0.146. The van der Waals surface area contributed by atoms with Crippen molar-refractivity contribution in [3.05, 3.63) is 66.2 Å². The van der Waals surface area contributed by atoms with Gasteiger partial charge < -0.3 is 19.5 Å². The summed E-state index contributed by atoms with van der Waals surface area (Å²) in [5.74, 6) is 2.38. The van der Waals surface area contributed by atoms with Crippen molar-refractivity contribution >= 4 is 16.9 Å². The summed E-state index contributed by atoms with van der Waals surface area (Å²) < 4.78 is 16.5. The third-order valence-electron chi connectivity index (χ3n) is 4.27. The lowest BCUT2D eigenvalue weighted by molar-refractivity contribution is 0.152. The number of carbonyl (C=O) groups excluding carboxylic acids is 1. The Kier molecular flexibility index (Phi) is 6.95. The number of hydrogen-bond donors (Lipinski definition) is 1. The number of nitrogens with one attached hydrogen (secondary N) is 1. The molecule has 0 aliphatic heterocycles. The van der Waals surface area contributed by atoms with Crippen molar-refractivity contribution in [1.29, 1.82) is 0 Å². The van der Waals surface area contributed by atoms with Crippen LogP contribution in [0.25, 0.3) is 10.8 Å². The molecule has 0 fully saturated rings. The van der Waals surface area contributed by atoms with Crippen molar-refractivity contribution in [3.8, 4) is 17.2 Å². The van der Waals surface area contributed by atoms with Gasteiger partial charge in [-0.25, -0.2) is 4.79 Å². The molecule has 5 nitrogen and oxygen atoms in total. The summed E-state index contributed by atoms with van der Waals surface area (Å²) in [6.07, 6.45) is 0.518. The molecule has 152 valence electrons. The zero-order valence-electron chi connectivity index (χ0n) is 17.1. The quantitative estimate of drug-likeness (QED) is 0.533. The van der Waals surface area contributed by atoms with Crippen LogP contribution in [0, 0.1) is 0 Å². The van der Waals surface area contributed by atoms with Gasteiger partial charge in [0, 0.05) is 6.54 Å². The maximum absolute atomic E-state index is 11.3. The van der Waals surface area contributed by atoms with E-state index in [1.165, 1.54) is 0 Å². The number of ether oxygens (including phenoxy) is 3. The number of carbonyl (C=O) groups is 1. The highest BCUT2D eigenvalue weighted by Crippen LogP contribution is 2.28. The molecule has 0 saturated heterocycles. The first kappa shape index (κ1) is 20.5. The van der Waals surface area contributed by atoms with E-state index in [-0.39, 0.29) is 12.2 Å². The third-order valence-corrected chi connectivity index (χ3v) is 4.27. The van der Waals surface area contributed by atoms with E-state index in [1.54, 1.807) is 6.92 Å². The van der Waals surface area contributed by atoms with Crippen molar-refractivity contribution in [1.82, 2.24) is 5.32 Å². The molecule has 3 aromatic carbocycles. The molecule has 0 atom stereocenters. The summed E-state index contributed by atoms with van der Waals surface area (Å²) in [4.78, 5) is 11.3. The van der Waals surface area contributed by atoms with Crippen LogP contribution < -0.4 is 14.8 Å². The topological polar surface area (TPSA) is 56.8 Å². The molecule has 0 heterocycles. The van der Waals surface area contributed by atoms with E-state index in [9.17, 15) is 4.79 Å². The van der Waals surface area contributed by atoms with Gasteiger partial charge in [-0.2, -0.15) is 0 Å². The Hall–Kier alpha value is -3.21. The molecule has 0 spiro atoms. The maximum atomic E-state index is 11.3. The third kappa shape index (κ3) is 6.14. The summed E-state index contributed by atoms with van der Waals surface area (Å²) in [5, 5.41) is 4.97. The van der Waals surface area contributed by atoms with Crippen LogP contribution in [0.2, 0.25) is 0 Å². The number of alkyl carbamates (subject to hydrolysis) is 1. The molecular formula is C24H27NO4. The van der Waals surface area contributed by atoms with Crippen LogP contribution in [0.15, 0.2) is 60.7 Å². The van der Waals surface area contributed by atoms with Crippen LogP contribution in [0.5, 0.6) is 17.2 Å². The van der Waals surface area contributed by atoms with Gasteiger partial charge in [-0.1, -0.05) is 24.3 Å². The van der Waals surface area contributed by atoms with Crippen LogP contribution in [-0.4, -0.2) is 25.3 Å². The Morgan fingerprint density at radius 1 is 0.897 bits per heavy atom. The molecule has 0 bridgehead atoms. The van der Waals surface area contributed by atoms with E-state index >= 15 is 0 Å². The lowest BCUT2D eigenvalue weighted by atomic mass is 10.0. The Bertz CT molecular complexity index is 951. The van der Waals surface area contributed by atoms with Crippen LogP contribution in [0.3, 0.4) is 0 Å². The van der Waals surface area contributed by atoms with Gasteiger partial charge in [0.05, 0.1) is 12.7 Å². The molecule has 0 aliphatic carbocycles. The van der Waals surface area contributed by atoms with Gasteiger partial charge in [-0.05, 0) is 79.9 Å². The highest BCUT2D eigenvalue weighted by Gasteiger charge is 2.04. The van der Waals surface area contributed by atoms with E-state index in [0.29, 0.717) is 13.2 Å². The summed E-state index contributed by atoms with van der Waals surface area (Å²) in [6.45, 7) is 6.71. The number of fused-ring (bicyclic) bond motifs is 1. The first-order valence-electron chi connectivity index (χ1n) is 9.91. The standard InChI is InChI=1S/C24H27NO4/c1-4-27-24(26)25-14-13-18-5-6-20-16-23(8-7-19(20)15-18)29-22-11-9-21(10-12-22)28-17(2)3/h5-12,15-17H,4,13-14H2,1-3H3,(H,25,26). The molecular weight excluding hydrogens is 366 g/mol. The molecule has 0 aliphatic rings. The van der Waals surface area contributed by atoms with E-state index in [2.05, 4.69) is 23.5 Å². The highest BCUT2D eigenvalue weighted by molar-refractivity contribution is 5.84. The van der Waals surface area contributed by atoms with Crippen LogP contribution in [0.1, 0.15) is 26.3 Å². The van der Waals surface area contributed by atoms with Gasteiger partial charge in [0.15, 0.2) is 0 Å². The van der Waals surface area contributed by atoms with Crippen molar-refractivity contribution < 1.29 is 19.0 Å². The summed E-state index contributed by atoms with van der Waals surface area (Å²) in [5.41, 5.74) is 1.16. The van der Waals surface area contributed by atoms with Gasteiger partial charge in [0.1, 0.15) is 17.2 Å². The summed E-state index contributed by atoms with van der Waals surface area (Å²) in [7, 11) is 0. The lowest BCUT2D eigenvalue weighted by Gasteiger charge is -2.11. The Morgan fingerprint density at radius 3 is 2.28 bits per heavy atom. The van der Waals surface area contributed by atoms with Gasteiger partial charge in [0.25, 0.3) is 0 Å². The maximum Gasteiger partial charge on any atom is 0.407 e. The van der Waals surface area contributed by atoms with E-state index in [1.807, 2.05) is 56.3 Å². The number of amides is 1. The SMILES string of the molecule is CCOC(=O)NCCc1ccc2cc(Oc3ccc(OC(C)C)cc3)ccc2c1. The average molecular weight is 393 g/mol. The predicted molar refractivity (Wildman–Crippen MR) is 115 cm³/mol. The second-order valence-electron chi connectivity index (χ2n) is 6.98. The molecule has 3 rings (SSSR count). The number of benzene rings is 3. The Morgan fingerprint density at radius 2 is 1.55 bits per heavy atom. The second-order valence-corrected chi connectivity index (χ2v) is 6.98. The van der Waals surface area contributed by atoms with Crippen molar-refractivity contribution in [2.75, 3.05) is 13.2 Å². The van der Waals surface area contributed by atoms with Gasteiger partial charge in [0.2, 0.25) is 0 Å². The zero-order valence-corrected chi connectivity index (χ0v) is 17.1. The first-order chi connectivity index (χ1) is 14.0. The zero-order chi connectivity index (χ0) is 20.6. The normalized spacial score (nSPS) is 10.8. The molecule has 0 saturated carbocycles. The fourth-order valence-corrected chi connectivity index (χ4v) is 2.98. The largest absolute Gasteiger partial charge is 0.491 e. The fraction of sp³-hybridized carbons (Fsp3) is 0.292. The fourth-order valence-electron chi connectivity index (χ4n) is 2.98. The van der Waals surface area contributed by atoms with E-state index in [4.69, 9.17) is 14.2 Å². The number of hydrogen-bond acceptors (Lipinski definition) is 4. The molecule has 29 heavy (non-hydrogen) atoms. The molecule has 1 N–H and O–H groups in total. The van der Waals surface area contributed by atoms with Crippen LogP contribution >= 0.6 is 0 Å². The van der Waals surface area contributed by atoms with Crippen molar-refractivity contribution in [2.24, 2.45) is 0 Å². The van der Waals surface area contributed by atoms with E-state index in [0.717, 1.165) is 40.0 Å². The van der Waals surface area contributed by atoms with Gasteiger partial charge >= 0.3 is 6.09 Å². The molecule has 1 amide bonds. The van der Waals surface area contributed by atoms with E-state index < -0.39 is 0 Å². The minimum Gasteiger partial charge on any atom is -0.491 e. The minimum atomic E-state index is -0.376. The summed E-state index contributed by atoms with van der Waals surface area (Å²) >= 11 is 0. The monoisotopic (exact) mass is 393 g/mol. The molecule has 0 unspecified atom stereocenters. The molecule has 0 aromatic heterocycles. The first-order valence-corrected chi connectivity index (χ1v) is 9.91. The molecule has 3 aromatic rings. The lowest BCUT2D eigenvalue weighted by Crippen LogP contribution is -2.26. The highest BCUT2D eigenvalue weighted by atomic mass is 16.5. The van der Waals surface area contributed by atoms with Crippen LogP contribution in [0.4, 0.5) is 4.79 Å². The van der Waals surface area contributed by atoms with Gasteiger partial charge in [-0.15, -0.1) is 0 Å². The molecule has 0 radical (unpaired) electrons. The predicted octanol–water partition coefficient (Wildman–Crippen LogP) is 5.71. The van der Waals surface area contributed by atoms with Crippen molar-refractivity contribution in [3.63, 3.8) is 0 Å². The number of rotatable bonds is 8. The smallest absolute Gasteiger partial charge is 0.407 e. The van der Waals surface area contributed by atoms with Crippen molar-refractivity contribution in [2.45, 2.75) is 33.3 Å². The van der Waals surface area contributed by atoms with Gasteiger partial charge in [-0.3, -0.25) is 0 Å². The second kappa shape index (κ2) is 9.82.